The fraction of sp³-hybridized carbons (Fsp3) is 0.429. The quantitative estimate of drug-likeness (QED) is 0.629. The van der Waals surface area contributed by atoms with Gasteiger partial charge in [-0.3, -0.25) is 9.59 Å². The Morgan fingerprint density at radius 3 is 2.84 bits per heavy atom. The van der Waals surface area contributed by atoms with Crippen LogP contribution in [0.25, 0.3) is 0 Å². The van der Waals surface area contributed by atoms with Crippen LogP contribution in [0.5, 0.6) is 0 Å². The number of ether oxygens (including phenoxy) is 1. The number of hydrogen-bond donors (Lipinski definition) is 0. The average Bonchev–Trinajstić information content (AvgIpc) is 2.43. The van der Waals surface area contributed by atoms with Gasteiger partial charge < -0.3 is 9.64 Å². The summed E-state index contributed by atoms with van der Waals surface area (Å²) in [6.45, 7) is 0.911. The maximum absolute atomic E-state index is 11.8. The highest BCUT2D eigenvalue weighted by molar-refractivity contribution is 9.10. The zero-order chi connectivity index (χ0) is 13.7. The van der Waals surface area contributed by atoms with Crippen LogP contribution in [0.1, 0.15) is 18.4 Å². The van der Waals surface area contributed by atoms with E-state index in [1.54, 1.807) is 4.90 Å². The van der Waals surface area contributed by atoms with Crippen molar-refractivity contribution < 1.29 is 14.3 Å². The van der Waals surface area contributed by atoms with E-state index in [1.807, 2.05) is 30.3 Å². The van der Waals surface area contributed by atoms with Gasteiger partial charge in [0, 0.05) is 6.54 Å². The number of likely N-dealkylation sites (tertiary alicyclic amines) is 1. The Balaban J connectivity index is 1.79. The number of esters is 1. The summed E-state index contributed by atoms with van der Waals surface area (Å²) in [4.78, 5) is 24.9. The van der Waals surface area contributed by atoms with E-state index < -0.39 is 0 Å². The van der Waals surface area contributed by atoms with Crippen molar-refractivity contribution in [3.63, 3.8) is 0 Å². The topological polar surface area (TPSA) is 46.6 Å². The second kappa shape index (κ2) is 6.70. The molecule has 19 heavy (non-hydrogen) atoms. The third kappa shape index (κ3) is 4.06. The number of halogens is 1. The summed E-state index contributed by atoms with van der Waals surface area (Å²) in [7, 11) is 0. The van der Waals surface area contributed by atoms with E-state index in [1.165, 1.54) is 0 Å². The fourth-order valence-electron chi connectivity index (χ4n) is 1.99. The summed E-state index contributed by atoms with van der Waals surface area (Å²) in [6, 6.07) is 9.50. The van der Waals surface area contributed by atoms with E-state index in [0.717, 1.165) is 18.4 Å². The lowest BCUT2D eigenvalue weighted by atomic mass is 10.1. The van der Waals surface area contributed by atoms with Gasteiger partial charge in [0.1, 0.15) is 13.2 Å². The van der Waals surface area contributed by atoms with Crippen LogP contribution in [0.15, 0.2) is 30.3 Å². The van der Waals surface area contributed by atoms with E-state index >= 15 is 0 Å². The molecule has 1 aliphatic rings. The first-order chi connectivity index (χ1) is 9.16. The lowest BCUT2D eigenvalue weighted by Gasteiger charge is -2.28. The van der Waals surface area contributed by atoms with Gasteiger partial charge in [0.25, 0.3) is 0 Å². The van der Waals surface area contributed by atoms with Crippen molar-refractivity contribution in [2.45, 2.75) is 24.3 Å². The van der Waals surface area contributed by atoms with E-state index in [2.05, 4.69) is 15.9 Å². The van der Waals surface area contributed by atoms with Crippen LogP contribution >= 0.6 is 15.9 Å². The van der Waals surface area contributed by atoms with E-state index in [0.29, 0.717) is 6.54 Å². The minimum Gasteiger partial charge on any atom is -0.459 e. The zero-order valence-corrected chi connectivity index (χ0v) is 12.1. The van der Waals surface area contributed by atoms with Gasteiger partial charge in [-0.05, 0) is 18.4 Å². The van der Waals surface area contributed by atoms with Crippen LogP contribution < -0.4 is 0 Å². The predicted octanol–water partition coefficient (Wildman–Crippen LogP) is 2.12. The highest BCUT2D eigenvalue weighted by Gasteiger charge is 2.28. The molecule has 1 amide bonds. The van der Waals surface area contributed by atoms with Gasteiger partial charge in [0.05, 0.1) is 4.83 Å². The fourth-order valence-corrected chi connectivity index (χ4v) is 2.60. The summed E-state index contributed by atoms with van der Waals surface area (Å²) in [5, 5.41) is 0. The van der Waals surface area contributed by atoms with Crippen LogP contribution in [0.4, 0.5) is 0 Å². The zero-order valence-electron chi connectivity index (χ0n) is 10.5. The number of hydrogen-bond acceptors (Lipinski definition) is 3. The Morgan fingerprint density at radius 2 is 2.11 bits per heavy atom. The Morgan fingerprint density at radius 1 is 1.37 bits per heavy atom. The third-order valence-corrected chi connectivity index (χ3v) is 3.88. The second-order valence-electron chi connectivity index (χ2n) is 4.52. The van der Waals surface area contributed by atoms with Gasteiger partial charge >= 0.3 is 5.97 Å². The standard InChI is InChI=1S/C14H16BrNO3/c15-12-7-4-8-16(14(12)18)9-13(17)19-10-11-5-2-1-3-6-11/h1-3,5-6,12H,4,7-10H2. The Kier molecular flexibility index (Phi) is 4.96. The first kappa shape index (κ1) is 14.1. The molecule has 1 aliphatic heterocycles. The molecule has 0 spiro atoms. The molecule has 0 saturated carbocycles. The summed E-state index contributed by atoms with van der Waals surface area (Å²) in [5.74, 6) is -0.387. The molecule has 4 nitrogen and oxygen atoms in total. The van der Waals surface area contributed by atoms with Gasteiger partial charge in [0.2, 0.25) is 5.91 Å². The normalized spacial score (nSPS) is 19.3. The van der Waals surface area contributed by atoms with Gasteiger partial charge in [-0.1, -0.05) is 46.3 Å². The van der Waals surface area contributed by atoms with Gasteiger partial charge in [-0.15, -0.1) is 0 Å². The molecular weight excluding hydrogens is 310 g/mol. The molecule has 0 N–H and O–H groups in total. The van der Waals surface area contributed by atoms with Crippen molar-refractivity contribution in [1.29, 1.82) is 0 Å². The Labute approximate surface area is 120 Å². The molecule has 1 heterocycles. The first-order valence-electron chi connectivity index (χ1n) is 6.29. The van der Waals surface area contributed by atoms with Crippen molar-refractivity contribution in [2.75, 3.05) is 13.1 Å². The van der Waals surface area contributed by atoms with Gasteiger partial charge in [-0.25, -0.2) is 0 Å². The largest absolute Gasteiger partial charge is 0.459 e. The van der Waals surface area contributed by atoms with Gasteiger partial charge in [0.15, 0.2) is 0 Å². The number of piperidine rings is 1. The van der Waals surface area contributed by atoms with Crippen molar-refractivity contribution >= 4 is 27.8 Å². The van der Waals surface area contributed by atoms with Crippen molar-refractivity contribution in [1.82, 2.24) is 4.90 Å². The number of rotatable bonds is 4. The minimum absolute atomic E-state index is 0.0251. The first-order valence-corrected chi connectivity index (χ1v) is 7.21. The van der Waals surface area contributed by atoms with Crippen LogP contribution in [0.3, 0.4) is 0 Å². The molecule has 1 aromatic rings. The van der Waals surface area contributed by atoms with Crippen LogP contribution in [0.2, 0.25) is 0 Å². The second-order valence-corrected chi connectivity index (χ2v) is 5.62. The molecule has 1 fully saturated rings. The van der Waals surface area contributed by atoms with Crippen molar-refractivity contribution in [3.05, 3.63) is 35.9 Å². The maximum Gasteiger partial charge on any atom is 0.325 e. The lowest BCUT2D eigenvalue weighted by molar-refractivity contribution is -0.151. The number of carbonyl (C=O) groups is 2. The number of alkyl halides is 1. The average molecular weight is 326 g/mol. The van der Waals surface area contributed by atoms with Crippen LogP contribution in [-0.4, -0.2) is 34.7 Å². The van der Waals surface area contributed by atoms with E-state index in [9.17, 15) is 9.59 Å². The maximum atomic E-state index is 11.8. The van der Waals surface area contributed by atoms with E-state index in [4.69, 9.17) is 4.74 Å². The summed E-state index contributed by atoms with van der Waals surface area (Å²) < 4.78 is 5.17. The number of nitrogens with zero attached hydrogens (tertiary/aromatic N) is 1. The molecule has 0 radical (unpaired) electrons. The number of amides is 1. The SMILES string of the molecule is O=C(CN1CCCC(Br)C1=O)OCc1ccccc1. The summed E-state index contributed by atoms with van der Waals surface area (Å²) >= 11 is 3.32. The molecule has 0 aliphatic carbocycles. The molecule has 1 aromatic carbocycles. The monoisotopic (exact) mass is 325 g/mol. The van der Waals surface area contributed by atoms with Crippen molar-refractivity contribution in [3.8, 4) is 0 Å². The van der Waals surface area contributed by atoms with Crippen molar-refractivity contribution in [2.24, 2.45) is 0 Å². The van der Waals surface area contributed by atoms with Gasteiger partial charge in [-0.2, -0.15) is 0 Å². The third-order valence-electron chi connectivity index (χ3n) is 3.03. The molecule has 0 aromatic heterocycles. The lowest BCUT2D eigenvalue weighted by Crippen LogP contribution is -2.44. The summed E-state index contributed by atoms with van der Waals surface area (Å²) in [5.41, 5.74) is 0.944. The van der Waals surface area contributed by atoms with Crippen LogP contribution in [-0.2, 0) is 20.9 Å². The summed E-state index contributed by atoms with van der Waals surface area (Å²) in [6.07, 6.45) is 1.74. The molecular formula is C14H16BrNO3. The number of carbonyl (C=O) groups excluding carboxylic acids is 2. The number of benzene rings is 1. The Hall–Kier alpha value is -1.36. The minimum atomic E-state index is -0.362. The highest BCUT2D eigenvalue weighted by Crippen LogP contribution is 2.18. The molecule has 102 valence electrons. The predicted molar refractivity (Wildman–Crippen MR) is 74.8 cm³/mol. The molecule has 5 heteroatoms. The molecule has 2 rings (SSSR count). The molecule has 1 atom stereocenters. The smallest absolute Gasteiger partial charge is 0.325 e. The molecule has 0 bridgehead atoms. The highest BCUT2D eigenvalue weighted by atomic mass is 79.9. The molecule has 1 unspecified atom stereocenters. The van der Waals surface area contributed by atoms with E-state index in [-0.39, 0.29) is 29.9 Å². The molecule has 1 saturated heterocycles. The van der Waals surface area contributed by atoms with Crippen LogP contribution in [0, 0.1) is 0 Å². The Bertz CT molecular complexity index is 449.